The van der Waals surface area contributed by atoms with Crippen LogP contribution in [0.2, 0.25) is 0 Å². The third kappa shape index (κ3) is 2.77. The van der Waals surface area contributed by atoms with Gasteiger partial charge in [0.15, 0.2) is 5.69 Å². The number of hydrogen-bond acceptors (Lipinski definition) is 3. The van der Waals surface area contributed by atoms with Gasteiger partial charge in [-0.1, -0.05) is 19.3 Å². The van der Waals surface area contributed by atoms with Crippen LogP contribution in [-0.2, 0) is 0 Å². The average molecular weight is 286 g/mol. The van der Waals surface area contributed by atoms with Gasteiger partial charge in [0.1, 0.15) is 5.75 Å². The Labute approximate surface area is 122 Å². The number of carboxylic acid groups (broad SMARTS) is 1. The predicted octanol–water partition coefficient (Wildman–Crippen LogP) is 3.32. The minimum absolute atomic E-state index is 0.0728. The van der Waals surface area contributed by atoms with Crippen LogP contribution in [0.5, 0.6) is 5.75 Å². The molecule has 1 saturated carbocycles. The maximum atomic E-state index is 11.2. The summed E-state index contributed by atoms with van der Waals surface area (Å²) in [7, 11) is 0. The van der Waals surface area contributed by atoms with Gasteiger partial charge in [0, 0.05) is 11.6 Å². The van der Waals surface area contributed by atoms with E-state index in [1.807, 2.05) is 0 Å². The van der Waals surface area contributed by atoms with E-state index in [9.17, 15) is 15.0 Å². The number of carboxylic acids is 1. The molecule has 1 aliphatic carbocycles. The monoisotopic (exact) mass is 286 g/mol. The number of hydrogen-bond donors (Lipinski definition) is 2. The highest BCUT2D eigenvalue weighted by Crippen LogP contribution is 2.34. The lowest BCUT2D eigenvalue weighted by Crippen LogP contribution is -2.10. The highest BCUT2D eigenvalue weighted by Gasteiger charge is 2.23. The number of aromatic hydroxyl groups is 1. The lowest BCUT2D eigenvalue weighted by atomic mass is 9.86. The summed E-state index contributed by atoms with van der Waals surface area (Å²) in [6.07, 6.45) is 5.74. The van der Waals surface area contributed by atoms with Gasteiger partial charge in [-0.15, -0.1) is 0 Å². The molecule has 5 heteroatoms. The van der Waals surface area contributed by atoms with Crippen molar-refractivity contribution >= 4 is 5.97 Å². The first kappa shape index (κ1) is 13.7. The van der Waals surface area contributed by atoms with Gasteiger partial charge in [0.2, 0.25) is 0 Å². The standard InChI is InChI=1S/C16H18N2O3/c19-13-8-6-12(7-9-13)18-15(10-14(17-18)16(20)21)11-4-2-1-3-5-11/h6-11,19H,1-5H2,(H,20,21). The second-order valence-electron chi connectivity index (χ2n) is 5.52. The molecule has 0 spiro atoms. The Bertz CT molecular complexity index is 640. The zero-order valence-corrected chi connectivity index (χ0v) is 11.7. The van der Waals surface area contributed by atoms with Crippen molar-refractivity contribution < 1.29 is 15.0 Å². The summed E-state index contributed by atoms with van der Waals surface area (Å²) in [5.74, 6) is -0.471. The fraction of sp³-hybridized carbons (Fsp3) is 0.375. The van der Waals surface area contributed by atoms with Gasteiger partial charge in [-0.05, 0) is 43.2 Å². The van der Waals surface area contributed by atoms with E-state index in [1.165, 1.54) is 19.3 Å². The third-order valence-electron chi connectivity index (χ3n) is 4.07. The van der Waals surface area contributed by atoms with Crippen molar-refractivity contribution in [3.63, 3.8) is 0 Å². The number of benzene rings is 1. The molecule has 1 fully saturated rings. The maximum Gasteiger partial charge on any atom is 0.356 e. The number of phenols is 1. The Morgan fingerprint density at radius 1 is 1.14 bits per heavy atom. The largest absolute Gasteiger partial charge is 0.508 e. The second-order valence-corrected chi connectivity index (χ2v) is 5.52. The SMILES string of the molecule is O=C(O)c1cc(C2CCCCC2)n(-c2ccc(O)cc2)n1. The van der Waals surface area contributed by atoms with Gasteiger partial charge in [-0.2, -0.15) is 5.10 Å². The van der Waals surface area contributed by atoms with Crippen LogP contribution in [0.4, 0.5) is 0 Å². The van der Waals surface area contributed by atoms with Crippen molar-refractivity contribution in [2.75, 3.05) is 0 Å². The average Bonchev–Trinajstić information content (AvgIpc) is 2.94. The molecule has 0 atom stereocenters. The summed E-state index contributed by atoms with van der Waals surface area (Å²) in [6.45, 7) is 0. The molecule has 2 N–H and O–H groups in total. The van der Waals surface area contributed by atoms with E-state index < -0.39 is 5.97 Å². The molecular weight excluding hydrogens is 268 g/mol. The van der Waals surface area contributed by atoms with E-state index in [-0.39, 0.29) is 11.4 Å². The molecular formula is C16H18N2O3. The van der Waals surface area contributed by atoms with Crippen molar-refractivity contribution in [1.29, 1.82) is 0 Å². The molecule has 21 heavy (non-hydrogen) atoms. The molecule has 3 rings (SSSR count). The molecule has 0 bridgehead atoms. The first-order valence-electron chi connectivity index (χ1n) is 7.28. The van der Waals surface area contributed by atoms with Crippen LogP contribution in [0.3, 0.4) is 0 Å². The van der Waals surface area contributed by atoms with E-state index in [4.69, 9.17) is 0 Å². The Morgan fingerprint density at radius 2 is 1.81 bits per heavy atom. The lowest BCUT2D eigenvalue weighted by Gasteiger charge is -2.22. The number of aromatic nitrogens is 2. The minimum Gasteiger partial charge on any atom is -0.508 e. The van der Waals surface area contributed by atoms with Crippen molar-refractivity contribution in [1.82, 2.24) is 9.78 Å². The van der Waals surface area contributed by atoms with Crippen LogP contribution in [0.25, 0.3) is 5.69 Å². The van der Waals surface area contributed by atoms with Gasteiger partial charge < -0.3 is 10.2 Å². The van der Waals surface area contributed by atoms with Crippen molar-refractivity contribution in [3.05, 3.63) is 41.7 Å². The number of aromatic carboxylic acids is 1. The summed E-state index contributed by atoms with van der Waals surface area (Å²) in [6, 6.07) is 8.36. The van der Waals surface area contributed by atoms with Crippen LogP contribution in [-0.4, -0.2) is 26.0 Å². The number of phenolic OH excluding ortho intramolecular Hbond substituents is 1. The van der Waals surface area contributed by atoms with Crippen LogP contribution in [0.15, 0.2) is 30.3 Å². The normalized spacial score (nSPS) is 16.0. The number of carbonyl (C=O) groups is 1. The molecule has 5 nitrogen and oxygen atoms in total. The van der Waals surface area contributed by atoms with Crippen LogP contribution in [0, 0.1) is 0 Å². The van der Waals surface area contributed by atoms with E-state index in [2.05, 4.69) is 5.10 Å². The molecule has 0 aliphatic heterocycles. The maximum absolute atomic E-state index is 11.2. The number of rotatable bonds is 3. The Balaban J connectivity index is 2.04. The molecule has 0 radical (unpaired) electrons. The van der Waals surface area contributed by atoms with Crippen LogP contribution < -0.4 is 0 Å². The van der Waals surface area contributed by atoms with E-state index in [0.29, 0.717) is 5.92 Å². The fourth-order valence-corrected chi connectivity index (χ4v) is 2.99. The van der Waals surface area contributed by atoms with Crippen LogP contribution in [0.1, 0.15) is 54.2 Å². The molecule has 1 aromatic carbocycles. The number of nitrogens with zero attached hydrogens (tertiary/aromatic N) is 2. The molecule has 0 unspecified atom stereocenters. The summed E-state index contributed by atoms with van der Waals surface area (Å²) in [5, 5.41) is 22.8. The fourth-order valence-electron chi connectivity index (χ4n) is 2.99. The summed E-state index contributed by atoms with van der Waals surface area (Å²) < 4.78 is 1.71. The summed E-state index contributed by atoms with van der Waals surface area (Å²) in [4.78, 5) is 11.2. The molecule has 1 aliphatic rings. The highest BCUT2D eigenvalue weighted by molar-refractivity contribution is 5.85. The molecule has 2 aromatic rings. The predicted molar refractivity (Wildman–Crippen MR) is 78.0 cm³/mol. The van der Waals surface area contributed by atoms with Crippen molar-refractivity contribution in [2.24, 2.45) is 0 Å². The first-order valence-corrected chi connectivity index (χ1v) is 7.28. The quantitative estimate of drug-likeness (QED) is 0.907. The topological polar surface area (TPSA) is 75.3 Å². The molecule has 0 saturated heterocycles. The van der Waals surface area contributed by atoms with Gasteiger partial charge in [-0.25, -0.2) is 9.48 Å². The van der Waals surface area contributed by atoms with Crippen molar-refractivity contribution in [2.45, 2.75) is 38.0 Å². The van der Waals surface area contributed by atoms with Gasteiger partial charge >= 0.3 is 5.97 Å². The Morgan fingerprint density at radius 3 is 2.43 bits per heavy atom. The highest BCUT2D eigenvalue weighted by atomic mass is 16.4. The minimum atomic E-state index is -1.01. The van der Waals surface area contributed by atoms with Gasteiger partial charge in [0.05, 0.1) is 5.69 Å². The Kier molecular flexibility index (Phi) is 3.64. The van der Waals surface area contributed by atoms with Crippen LogP contribution >= 0.6 is 0 Å². The summed E-state index contributed by atoms with van der Waals surface area (Å²) >= 11 is 0. The van der Waals surface area contributed by atoms with Gasteiger partial charge in [0.25, 0.3) is 0 Å². The first-order chi connectivity index (χ1) is 10.1. The lowest BCUT2D eigenvalue weighted by molar-refractivity contribution is 0.0690. The molecule has 1 aromatic heterocycles. The summed E-state index contributed by atoms with van der Waals surface area (Å²) in [5.41, 5.74) is 1.81. The zero-order chi connectivity index (χ0) is 14.8. The smallest absolute Gasteiger partial charge is 0.356 e. The molecule has 110 valence electrons. The second kappa shape index (κ2) is 5.60. The Hall–Kier alpha value is -2.30. The molecule has 0 amide bonds. The molecule has 1 heterocycles. The van der Waals surface area contributed by atoms with E-state index in [0.717, 1.165) is 24.2 Å². The van der Waals surface area contributed by atoms with Crippen molar-refractivity contribution in [3.8, 4) is 11.4 Å². The zero-order valence-electron chi connectivity index (χ0n) is 11.7. The third-order valence-corrected chi connectivity index (χ3v) is 4.07. The van der Waals surface area contributed by atoms with E-state index >= 15 is 0 Å². The van der Waals surface area contributed by atoms with E-state index in [1.54, 1.807) is 35.0 Å². The van der Waals surface area contributed by atoms with Gasteiger partial charge in [-0.3, -0.25) is 0 Å².